The first-order valence-electron chi connectivity index (χ1n) is 7.00. The normalized spacial score (nSPS) is 21.6. The van der Waals surface area contributed by atoms with Gasteiger partial charge < -0.3 is 10.6 Å². The largest absolute Gasteiger partial charge is 0.322 e. The van der Waals surface area contributed by atoms with E-state index in [-0.39, 0.29) is 11.6 Å². The standard InChI is InChI=1S/C15H25N3/c1-18(2)15(9-5-3-4-6-10-15)14(16)13-8-7-11-17-12-13/h7-8,11-12,14H,3-6,9-10,16H2,1-2H3. The molecule has 1 unspecified atom stereocenters. The van der Waals surface area contributed by atoms with Gasteiger partial charge in [0.2, 0.25) is 0 Å². The smallest absolute Gasteiger partial charge is 0.0497 e. The van der Waals surface area contributed by atoms with Crippen molar-refractivity contribution in [3.8, 4) is 0 Å². The highest BCUT2D eigenvalue weighted by Gasteiger charge is 2.39. The fraction of sp³-hybridized carbons (Fsp3) is 0.667. The number of hydrogen-bond acceptors (Lipinski definition) is 3. The lowest BCUT2D eigenvalue weighted by molar-refractivity contribution is 0.0967. The molecule has 0 saturated heterocycles. The summed E-state index contributed by atoms with van der Waals surface area (Å²) in [5.41, 5.74) is 7.85. The molecular weight excluding hydrogens is 222 g/mol. The minimum absolute atomic E-state index is 0.0549. The minimum Gasteiger partial charge on any atom is -0.322 e. The second kappa shape index (κ2) is 5.81. The molecule has 2 rings (SSSR count). The average Bonchev–Trinajstić information content (AvgIpc) is 2.65. The van der Waals surface area contributed by atoms with Gasteiger partial charge in [0.1, 0.15) is 0 Å². The minimum atomic E-state index is 0.0549. The van der Waals surface area contributed by atoms with Gasteiger partial charge >= 0.3 is 0 Å². The van der Waals surface area contributed by atoms with Crippen LogP contribution in [0.1, 0.15) is 50.1 Å². The van der Waals surface area contributed by atoms with Crippen LogP contribution in [0.25, 0.3) is 0 Å². The van der Waals surface area contributed by atoms with Gasteiger partial charge in [0.25, 0.3) is 0 Å². The van der Waals surface area contributed by atoms with Crippen molar-refractivity contribution >= 4 is 0 Å². The highest BCUT2D eigenvalue weighted by Crippen LogP contribution is 2.39. The van der Waals surface area contributed by atoms with Crippen LogP contribution in [0.15, 0.2) is 24.5 Å². The third-order valence-electron chi connectivity index (χ3n) is 4.48. The highest BCUT2D eigenvalue weighted by molar-refractivity contribution is 5.19. The molecule has 1 aliphatic carbocycles. The lowest BCUT2D eigenvalue weighted by atomic mass is 9.79. The Morgan fingerprint density at radius 2 is 1.89 bits per heavy atom. The van der Waals surface area contributed by atoms with Crippen molar-refractivity contribution in [3.05, 3.63) is 30.1 Å². The molecule has 0 amide bonds. The van der Waals surface area contributed by atoms with Gasteiger partial charge in [0, 0.05) is 24.0 Å². The molecule has 0 aliphatic heterocycles. The SMILES string of the molecule is CN(C)C1(C(N)c2cccnc2)CCCCCC1. The summed E-state index contributed by atoms with van der Waals surface area (Å²) in [7, 11) is 4.34. The number of hydrogen-bond donors (Lipinski definition) is 1. The predicted octanol–water partition coefficient (Wildman–Crippen LogP) is 2.74. The monoisotopic (exact) mass is 247 g/mol. The molecule has 1 heterocycles. The summed E-state index contributed by atoms with van der Waals surface area (Å²) in [5, 5.41) is 0. The molecule has 1 aromatic heterocycles. The second-order valence-corrected chi connectivity index (χ2v) is 5.68. The molecular formula is C15H25N3. The predicted molar refractivity (Wildman–Crippen MR) is 75.3 cm³/mol. The molecule has 3 heteroatoms. The Morgan fingerprint density at radius 3 is 2.39 bits per heavy atom. The van der Waals surface area contributed by atoms with Gasteiger partial charge in [0.05, 0.1) is 0 Å². The fourth-order valence-electron chi connectivity index (χ4n) is 3.25. The third kappa shape index (κ3) is 2.57. The van der Waals surface area contributed by atoms with Crippen molar-refractivity contribution in [2.24, 2.45) is 5.73 Å². The van der Waals surface area contributed by atoms with Crippen LogP contribution in [0.4, 0.5) is 0 Å². The van der Waals surface area contributed by atoms with Gasteiger partial charge in [0.15, 0.2) is 0 Å². The van der Waals surface area contributed by atoms with E-state index in [1.165, 1.54) is 38.5 Å². The Morgan fingerprint density at radius 1 is 1.22 bits per heavy atom. The quantitative estimate of drug-likeness (QED) is 0.835. The van der Waals surface area contributed by atoms with E-state index in [9.17, 15) is 0 Å². The lowest BCUT2D eigenvalue weighted by Crippen LogP contribution is -2.52. The van der Waals surface area contributed by atoms with Crippen LogP contribution in [0.5, 0.6) is 0 Å². The Balaban J connectivity index is 2.29. The zero-order valence-corrected chi connectivity index (χ0v) is 11.6. The summed E-state index contributed by atoms with van der Waals surface area (Å²) < 4.78 is 0. The van der Waals surface area contributed by atoms with Gasteiger partial charge in [-0.05, 0) is 38.6 Å². The number of nitrogens with two attached hydrogens (primary N) is 1. The van der Waals surface area contributed by atoms with E-state index in [1.807, 2.05) is 18.5 Å². The van der Waals surface area contributed by atoms with Crippen molar-refractivity contribution in [1.82, 2.24) is 9.88 Å². The summed E-state index contributed by atoms with van der Waals surface area (Å²) >= 11 is 0. The van der Waals surface area contributed by atoms with Crippen LogP contribution in [-0.4, -0.2) is 29.5 Å². The first-order valence-corrected chi connectivity index (χ1v) is 7.00. The van der Waals surface area contributed by atoms with Crippen LogP contribution in [0.3, 0.4) is 0 Å². The maximum absolute atomic E-state index is 6.59. The van der Waals surface area contributed by atoms with Crippen molar-refractivity contribution in [2.45, 2.75) is 50.1 Å². The lowest BCUT2D eigenvalue weighted by Gasteiger charge is -2.44. The number of rotatable bonds is 3. The van der Waals surface area contributed by atoms with Crippen LogP contribution in [-0.2, 0) is 0 Å². The van der Waals surface area contributed by atoms with Crippen molar-refractivity contribution in [3.63, 3.8) is 0 Å². The molecule has 0 aromatic carbocycles. The van der Waals surface area contributed by atoms with Gasteiger partial charge in [-0.3, -0.25) is 4.98 Å². The maximum Gasteiger partial charge on any atom is 0.0497 e. The zero-order chi connectivity index (χ0) is 13.0. The molecule has 0 spiro atoms. The number of pyridine rings is 1. The van der Waals surface area contributed by atoms with Gasteiger partial charge in [-0.2, -0.15) is 0 Å². The Bertz CT molecular complexity index is 353. The molecule has 0 radical (unpaired) electrons. The van der Waals surface area contributed by atoms with Crippen LogP contribution in [0, 0.1) is 0 Å². The van der Waals surface area contributed by atoms with E-state index in [4.69, 9.17) is 5.73 Å². The Labute approximate surface area is 110 Å². The van der Waals surface area contributed by atoms with Crippen molar-refractivity contribution in [1.29, 1.82) is 0 Å². The van der Waals surface area contributed by atoms with E-state index in [2.05, 4.69) is 30.0 Å². The first-order chi connectivity index (χ1) is 8.67. The maximum atomic E-state index is 6.59. The molecule has 1 atom stereocenters. The molecule has 100 valence electrons. The second-order valence-electron chi connectivity index (χ2n) is 5.68. The van der Waals surface area contributed by atoms with E-state index in [1.54, 1.807) is 0 Å². The Hall–Kier alpha value is -0.930. The average molecular weight is 247 g/mol. The van der Waals surface area contributed by atoms with Crippen LogP contribution < -0.4 is 5.73 Å². The summed E-state index contributed by atoms with van der Waals surface area (Å²) in [6.07, 6.45) is 11.4. The number of likely N-dealkylation sites (N-methyl/N-ethyl adjacent to an activating group) is 1. The fourth-order valence-corrected chi connectivity index (χ4v) is 3.25. The number of aromatic nitrogens is 1. The van der Waals surface area contributed by atoms with Crippen molar-refractivity contribution < 1.29 is 0 Å². The molecule has 1 saturated carbocycles. The molecule has 3 nitrogen and oxygen atoms in total. The van der Waals surface area contributed by atoms with E-state index in [0.29, 0.717) is 0 Å². The summed E-state index contributed by atoms with van der Waals surface area (Å²) in [4.78, 5) is 6.56. The van der Waals surface area contributed by atoms with Crippen LogP contribution in [0.2, 0.25) is 0 Å². The van der Waals surface area contributed by atoms with Crippen molar-refractivity contribution in [2.75, 3.05) is 14.1 Å². The van der Waals surface area contributed by atoms with Gasteiger partial charge in [-0.15, -0.1) is 0 Å². The molecule has 18 heavy (non-hydrogen) atoms. The molecule has 1 fully saturated rings. The number of nitrogens with zero attached hydrogens (tertiary/aromatic N) is 2. The molecule has 2 N–H and O–H groups in total. The summed E-state index contributed by atoms with van der Waals surface area (Å²) in [6, 6.07) is 4.14. The molecule has 1 aliphatic rings. The summed E-state index contributed by atoms with van der Waals surface area (Å²) in [5.74, 6) is 0. The van der Waals surface area contributed by atoms with E-state index in [0.717, 1.165) is 5.56 Å². The molecule has 0 bridgehead atoms. The summed E-state index contributed by atoms with van der Waals surface area (Å²) in [6.45, 7) is 0. The topological polar surface area (TPSA) is 42.1 Å². The Kier molecular flexibility index (Phi) is 4.36. The highest BCUT2D eigenvalue weighted by atomic mass is 15.2. The zero-order valence-electron chi connectivity index (χ0n) is 11.6. The third-order valence-corrected chi connectivity index (χ3v) is 4.48. The van der Waals surface area contributed by atoms with Crippen LogP contribution >= 0.6 is 0 Å². The van der Waals surface area contributed by atoms with Gasteiger partial charge in [-0.25, -0.2) is 0 Å². The van der Waals surface area contributed by atoms with E-state index < -0.39 is 0 Å². The van der Waals surface area contributed by atoms with Gasteiger partial charge in [-0.1, -0.05) is 31.7 Å². The van der Waals surface area contributed by atoms with E-state index >= 15 is 0 Å². The first kappa shape index (κ1) is 13.5. The molecule has 1 aromatic rings.